The molecule has 0 fully saturated rings. The second-order valence-electron chi connectivity index (χ2n) is 4.33. The number of hydrogen-bond donors (Lipinski definition) is 1. The van der Waals surface area contributed by atoms with Crippen molar-refractivity contribution in [3.63, 3.8) is 0 Å². The van der Waals surface area contributed by atoms with Gasteiger partial charge in [-0.25, -0.2) is 9.97 Å². The Hall–Kier alpha value is -1.36. The van der Waals surface area contributed by atoms with Gasteiger partial charge in [0.25, 0.3) is 0 Å². The summed E-state index contributed by atoms with van der Waals surface area (Å²) >= 11 is 0. The molecule has 18 heavy (non-hydrogen) atoms. The largest absolute Gasteiger partial charge is 0.478 e. The molecule has 0 amide bonds. The van der Waals surface area contributed by atoms with Gasteiger partial charge in [-0.3, -0.25) is 0 Å². The van der Waals surface area contributed by atoms with E-state index in [9.17, 15) is 0 Å². The molecule has 0 bridgehead atoms. The summed E-state index contributed by atoms with van der Waals surface area (Å²) in [5.74, 6) is 1.56. The average molecular weight is 252 g/mol. The quantitative estimate of drug-likeness (QED) is 0.679. The van der Waals surface area contributed by atoms with Gasteiger partial charge in [-0.15, -0.1) is 0 Å². The Bertz CT molecular complexity index is 333. The maximum atomic E-state index is 5.49. The van der Waals surface area contributed by atoms with Gasteiger partial charge >= 0.3 is 0 Å². The monoisotopic (exact) mass is 252 g/mol. The van der Waals surface area contributed by atoms with E-state index < -0.39 is 0 Å². The summed E-state index contributed by atoms with van der Waals surface area (Å²) < 4.78 is 5.49. The minimum atomic E-state index is 0.649. The smallest absolute Gasteiger partial charge is 0.218 e. The molecule has 102 valence electrons. The van der Waals surface area contributed by atoms with Gasteiger partial charge < -0.3 is 15.4 Å². The lowest BCUT2D eigenvalue weighted by Crippen LogP contribution is -2.20. The Morgan fingerprint density at radius 2 is 2.11 bits per heavy atom. The van der Waals surface area contributed by atoms with Crippen molar-refractivity contribution in [2.75, 3.05) is 31.6 Å². The molecule has 5 heteroatoms. The van der Waals surface area contributed by atoms with Crippen LogP contribution in [-0.4, -0.2) is 36.7 Å². The number of nitrogens with zero attached hydrogens (tertiary/aromatic N) is 3. The van der Waals surface area contributed by atoms with Crippen molar-refractivity contribution in [2.24, 2.45) is 5.73 Å². The highest BCUT2D eigenvalue weighted by Gasteiger charge is 2.04. The van der Waals surface area contributed by atoms with Crippen LogP contribution in [0.3, 0.4) is 0 Å². The lowest BCUT2D eigenvalue weighted by Gasteiger charge is -2.18. The first-order chi connectivity index (χ1) is 8.77. The van der Waals surface area contributed by atoms with E-state index in [0.29, 0.717) is 12.5 Å². The van der Waals surface area contributed by atoms with Gasteiger partial charge in [0.15, 0.2) is 0 Å². The van der Waals surface area contributed by atoms with Crippen molar-refractivity contribution in [2.45, 2.75) is 32.6 Å². The van der Waals surface area contributed by atoms with Gasteiger partial charge in [0.2, 0.25) is 5.88 Å². The van der Waals surface area contributed by atoms with E-state index >= 15 is 0 Å². The number of anilines is 1. The fourth-order valence-electron chi connectivity index (χ4n) is 1.61. The van der Waals surface area contributed by atoms with Gasteiger partial charge in [0.1, 0.15) is 12.1 Å². The molecule has 0 atom stereocenters. The number of rotatable bonds is 9. The molecular formula is C13H24N4O. The fraction of sp³-hybridized carbons (Fsp3) is 0.692. The van der Waals surface area contributed by atoms with E-state index in [1.165, 1.54) is 0 Å². The van der Waals surface area contributed by atoms with Crippen molar-refractivity contribution in [3.05, 3.63) is 12.4 Å². The summed E-state index contributed by atoms with van der Waals surface area (Å²) in [6, 6.07) is 1.89. The average Bonchev–Trinajstić information content (AvgIpc) is 2.41. The van der Waals surface area contributed by atoms with Crippen LogP contribution in [-0.2, 0) is 0 Å². The first-order valence-corrected chi connectivity index (χ1v) is 6.64. The summed E-state index contributed by atoms with van der Waals surface area (Å²) in [6.07, 6.45) is 5.90. The molecule has 1 aromatic rings. The molecule has 0 aliphatic rings. The number of ether oxygens (including phenoxy) is 1. The van der Waals surface area contributed by atoms with Gasteiger partial charge in [0.05, 0.1) is 6.61 Å². The zero-order valence-corrected chi connectivity index (χ0v) is 11.4. The van der Waals surface area contributed by atoms with Crippen LogP contribution in [0.15, 0.2) is 12.4 Å². The molecule has 1 heterocycles. The molecule has 0 radical (unpaired) electrons. The minimum Gasteiger partial charge on any atom is -0.478 e. The third kappa shape index (κ3) is 5.31. The molecule has 0 aromatic carbocycles. The van der Waals surface area contributed by atoms with Crippen molar-refractivity contribution in [1.29, 1.82) is 0 Å². The summed E-state index contributed by atoms with van der Waals surface area (Å²) in [5, 5.41) is 0. The van der Waals surface area contributed by atoms with Crippen LogP contribution in [0.25, 0.3) is 0 Å². The molecule has 0 aliphatic heterocycles. The maximum Gasteiger partial charge on any atom is 0.218 e. The molecule has 0 unspecified atom stereocenters. The molecule has 5 nitrogen and oxygen atoms in total. The van der Waals surface area contributed by atoms with Crippen LogP contribution < -0.4 is 15.4 Å². The summed E-state index contributed by atoms with van der Waals surface area (Å²) in [7, 11) is 2.04. The molecule has 0 aliphatic carbocycles. The summed E-state index contributed by atoms with van der Waals surface area (Å²) in [4.78, 5) is 10.5. The lowest BCUT2D eigenvalue weighted by atomic mass is 10.2. The van der Waals surface area contributed by atoms with E-state index in [2.05, 4.69) is 21.8 Å². The molecule has 1 rings (SSSR count). The zero-order valence-electron chi connectivity index (χ0n) is 11.4. The van der Waals surface area contributed by atoms with E-state index in [0.717, 1.165) is 44.6 Å². The van der Waals surface area contributed by atoms with Crippen LogP contribution in [0.5, 0.6) is 5.88 Å². The molecule has 0 saturated heterocycles. The number of nitrogens with two attached hydrogens (primary N) is 1. The van der Waals surface area contributed by atoms with E-state index in [4.69, 9.17) is 10.5 Å². The second kappa shape index (κ2) is 8.69. The van der Waals surface area contributed by atoms with Gasteiger partial charge in [-0.05, 0) is 25.8 Å². The standard InChI is InChI=1S/C13H24N4O/c1-3-9-18-13-10-12(15-11-16-13)17(2)8-6-4-5-7-14/h10-11H,3-9,14H2,1-2H3. The maximum absolute atomic E-state index is 5.49. The van der Waals surface area contributed by atoms with Crippen molar-refractivity contribution < 1.29 is 4.74 Å². The molecule has 2 N–H and O–H groups in total. The Morgan fingerprint density at radius 3 is 2.83 bits per heavy atom. The topological polar surface area (TPSA) is 64.3 Å². The zero-order chi connectivity index (χ0) is 13.2. The molecule has 0 spiro atoms. The highest BCUT2D eigenvalue weighted by molar-refractivity contribution is 5.39. The van der Waals surface area contributed by atoms with Gasteiger partial charge in [-0.1, -0.05) is 13.3 Å². The number of aromatic nitrogens is 2. The second-order valence-corrected chi connectivity index (χ2v) is 4.33. The fourth-order valence-corrected chi connectivity index (χ4v) is 1.61. The number of unbranched alkanes of at least 4 members (excludes halogenated alkanes) is 2. The van der Waals surface area contributed by atoms with Crippen LogP contribution in [0.2, 0.25) is 0 Å². The first kappa shape index (κ1) is 14.7. The van der Waals surface area contributed by atoms with Crippen LogP contribution in [0.1, 0.15) is 32.6 Å². The SMILES string of the molecule is CCCOc1cc(N(C)CCCCCN)ncn1. The van der Waals surface area contributed by atoms with Crippen LogP contribution in [0.4, 0.5) is 5.82 Å². The highest BCUT2D eigenvalue weighted by Crippen LogP contribution is 2.15. The van der Waals surface area contributed by atoms with Crippen LogP contribution in [0, 0.1) is 0 Å². The molecule has 0 saturated carbocycles. The van der Waals surface area contributed by atoms with Gasteiger partial charge in [0, 0.05) is 19.7 Å². The Balaban J connectivity index is 2.43. The summed E-state index contributed by atoms with van der Waals surface area (Å²) in [5.41, 5.74) is 5.47. The lowest BCUT2D eigenvalue weighted by molar-refractivity contribution is 0.304. The van der Waals surface area contributed by atoms with E-state index in [1.807, 2.05) is 13.1 Å². The normalized spacial score (nSPS) is 10.4. The Kier molecular flexibility index (Phi) is 7.10. The van der Waals surface area contributed by atoms with Crippen molar-refractivity contribution >= 4 is 5.82 Å². The number of hydrogen-bond acceptors (Lipinski definition) is 5. The Morgan fingerprint density at radius 1 is 1.28 bits per heavy atom. The van der Waals surface area contributed by atoms with E-state index in [-0.39, 0.29) is 0 Å². The Labute approximate surface area is 109 Å². The highest BCUT2D eigenvalue weighted by atomic mass is 16.5. The molecular weight excluding hydrogens is 228 g/mol. The van der Waals surface area contributed by atoms with Crippen molar-refractivity contribution in [3.8, 4) is 5.88 Å². The minimum absolute atomic E-state index is 0.649. The molecule has 1 aromatic heterocycles. The third-order valence-electron chi connectivity index (χ3n) is 2.67. The van der Waals surface area contributed by atoms with E-state index in [1.54, 1.807) is 6.33 Å². The van der Waals surface area contributed by atoms with Crippen LogP contribution >= 0.6 is 0 Å². The third-order valence-corrected chi connectivity index (χ3v) is 2.67. The predicted molar refractivity (Wildman–Crippen MR) is 74.0 cm³/mol. The summed E-state index contributed by atoms with van der Waals surface area (Å²) in [6.45, 7) is 4.51. The predicted octanol–water partition coefficient (Wildman–Crippen LogP) is 1.83. The first-order valence-electron chi connectivity index (χ1n) is 6.64. The van der Waals surface area contributed by atoms with Gasteiger partial charge in [-0.2, -0.15) is 0 Å². The van der Waals surface area contributed by atoms with Crippen molar-refractivity contribution in [1.82, 2.24) is 9.97 Å².